The van der Waals surface area contributed by atoms with E-state index in [2.05, 4.69) is 25.3 Å². The van der Waals surface area contributed by atoms with Crippen LogP contribution in [-0.2, 0) is 0 Å². The molecule has 0 bridgehead atoms. The van der Waals surface area contributed by atoms with E-state index < -0.39 is 0 Å². The topological polar surface area (TPSA) is 0 Å². The molecule has 9 heavy (non-hydrogen) atoms. The molecule has 0 rings (SSSR count). The highest BCUT2D eigenvalue weighted by molar-refractivity contribution is 7.84. The molecule has 0 radical (unpaired) electrons. The van der Waals surface area contributed by atoms with Crippen molar-refractivity contribution in [3.63, 3.8) is 0 Å². The first-order chi connectivity index (χ1) is 4.04. The van der Waals surface area contributed by atoms with Gasteiger partial charge in [-0.1, -0.05) is 0 Å². The van der Waals surface area contributed by atoms with Crippen LogP contribution in [0.1, 0.15) is 20.8 Å². The van der Waals surface area contributed by atoms with Crippen molar-refractivity contribution >= 4 is 25.3 Å². The van der Waals surface area contributed by atoms with Crippen molar-refractivity contribution in [2.24, 2.45) is 0 Å². The Kier molecular flexibility index (Phi) is 4.15. The Morgan fingerprint density at radius 2 is 1.56 bits per heavy atom. The highest BCUT2D eigenvalue weighted by atomic mass is 32.1. The van der Waals surface area contributed by atoms with Crippen molar-refractivity contribution in [3.8, 4) is 0 Å². The van der Waals surface area contributed by atoms with Crippen LogP contribution < -0.4 is 0 Å². The first-order valence-electron chi connectivity index (χ1n) is 2.77. The van der Waals surface area contributed by atoms with Crippen LogP contribution in [0.4, 0.5) is 0 Å². The van der Waals surface area contributed by atoms with E-state index in [1.54, 1.807) is 0 Å². The minimum absolute atomic E-state index is 1.01. The summed E-state index contributed by atoms with van der Waals surface area (Å²) in [7, 11) is 0. The number of hydrogen-bond acceptors (Lipinski definition) is 2. The molecule has 0 aliphatic rings. The van der Waals surface area contributed by atoms with E-state index in [1.807, 2.05) is 26.8 Å². The highest BCUT2D eigenvalue weighted by Crippen LogP contribution is 2.11. The first-order valence-corrected chi connectivity index (χ1v) is 3.67. The van der Waals surface area contributed by atoms with Crippen molar-refractivity contribution < 1.29 is 0 Å². The van der Waals surface area contributed by atoms with Gasteiger partial charge in [0, 0.05) is 0 Å². The Labute approximate surface area is 67.9 Å². The van der Waals surface area contributed by atoms with Crippen LogP contribution in [0.3, 0.4) is 0 Å². The molecule has 0 aliphatic heterocycles. The Bertz CT molecular complexity index is 146. The van der Waals surface area contributed by atoms with Gasteiger partial charge in [-0.15, -0.1) is 25.3 Å². The number of hydrogen-bond donors (Lipinski definition) is 2. The summed E-state index contributed by atoms with van der Waals surface area (Å²) in [5.74, 6) is 0. The van der Waals surface area contributed by atoms with Gasteiger partial charge >= 0.3 is 0 Å². The van der Waals surface area contributed by atoms with Crippen LogP contribution in [0, 0.1) is 0 Å². The molecule has 0 saturated carbocycles. The molecule has 0 N–H and O–H groups in total. The monoisotopic (exact) mass is 160 g/mol. The third-order valence-corrected chi connectivity index (χ3v) is 1.48. The lowest BCUT2D eigenvalue weighted by atomic mass is 10.3. The van der Waals surface area contributed by atoms with Gasteiger partial charge < -0.3 is 0 Å². The molecule has 0 heterocycles. The zero-order valence-corrected chi connectivity index (χ0v) is 7.76. The van der Waals surface area contributed by atoms with Crippen LogP contribution in [-0.4, -0.2) is 0 Å². The van der Waals surface area contributed by atoms with Crippen LogP contribution in [0.2, 0.25) is 0 Å². The van der Waals surface area contributed by atoms with Gasteiger partial charge in [0.1, 0.15) is 0 Å². The third kappa shape index (κ3) is 4.67. The van der Waals surface area contributed by atoms with Crippen LogP contribution in [0.15, 0.2) is 21.5 Å². The van der Waals surface area contributed by atoms with Crippen LogP contribution >= 0.6 is 25.3 Å². The normalized spacial score (nSPS) is 15.4. The predicted molar refractivity (Wildman–Crippen MR) is 50.1 cm³/mol. The molecular formula is C7H12S2. The molecule has 0 saturated heterocycles. The standard InChI is InChI=1S/C7H12S2/c1-5(7(3)9)4-6(2)8/h4,8-9H,1-3H3/b6-4-,7-5+. The van der Waals surface area contributed by atoms with Crippen molar-refractivity contribution in [2.45, 2.75) is 20.8 Å². The number of allylic oxidation sites excluding steroid dienone is 4. The average molecular weight is 160 g/mol. The summed E-state index contributed by atoms with van der Waals surface area (Å²) in [6, 6.07) is 0. The minimum atomic E-state index is 1.01. The van der Waals surface area contributed by atoms with Gasteiger partial charge in [-0.05, 0) is 42.2 Å². The molecule has 0 nitrogen and oxygen atoms in total. The Hall–Kier alpha value is 0.180. The smallest absolute Gasteiger partial charge is 0.0186 e. The quantitative estimate of drug-likeness (QED) is 0.427. The summed E-state index contributed by atoms with van der Waals surface area (Å²) in [5.41, 5.74) is 1.17. The van der Waals surface area contributed by atoms with E-state index in [9.17, 15) is 0 Å². The summed E-state index contributed by atoms with van der Waals surface area (Å²) in [5, 5.41) is 0. The minimum Gasteiger partial charge on any atom is -0.148 e. The van der Waals surface area contributed by atoms with Gasteiger partial charge in [0.25, 0.3) is 0 Å². The molecule has 2 heteroatoms. The Morgan fingerprint density at radius 3 is 1.67 bits per heavy atom. The first kappa shape index (κ1) is 9.18. The average Bonchev–Trinajstić information content (AvgIpc) is 1.63. The fourth-order valence-electron chi connectivity index (χ4n) is 0.418. The summed E-state index contributed by atoms with van der Waals surface area (Å²) in [6.45, 7) is 5.93. The number of rotatable bonds is 1. The maximum absolute atomic E-state index is 4.17. The number of thiol groups is 2. The fourth-order valence-corrected chi connectivity index (χ4v) is 0.676. The maximum Gasteiger partial charge on any atom is -0.0186 e. The molecule has 0 aromatic rings. The lowest BCUT2D eigenvalue weighted by molar-refractivity contribution is 1.43. The third-order valence-electron chi connectivity index (χ3n) is 0.996. The summed E-state index contributed by atoms with van der Waals surface area (Å²) in [6.07, 6.45) is 1.99. The molecule has 0 spiro atoms. The fraction of sp³-hybridized carbons (Fsp3) is 0.429. The molecule has 0 unspecified atom stereocenters. The van der Waals surface area contributed by atoms with Crippen molar-refractivity contribution in [2.75, 3.05) is 0 Å². The second-order valence-electron chi connectivity index (χ2n) is 2.05. The Morgan fingerprint density at radius 1 is 1.11 bits per heavy atom. The van der Waals surface area contributed by atoms with Crippen LogP contribution in [0.25, 0.3) is 0 Å². The second-order valence-corrected chi connectivity index (χ2v) is 3.43. The van der Waals surface area contributed by atoms with Gasteiger partial charge in [-0.3, -0.25) is 0 Å². The zero-order chi connectivity index (χ0) is 7.44. The molecule has 0 atom stereocenters. The second kappa shape index (κ2) is 4.07. The maximum atomic E-state index is 4.17. The summed E-state index contributed by atoms with van der Waals surface area (Å²) in [4.78, 5) is 2.06. The SMILES string of the molecule is C/C(S)=C/C(C)=C(\C)S. The predicted octanol–water partition coefficient (Wildman–Crippen LogP) is 3.04. The van der Waals surface area contributed by atoms with Gasteiger partial charge in [0.15, 0.2) is 0 Å². The molecule has 0 aromatic carbocycles. The van der Waals surface area contributed by atoms with Crippen LogP contribution in [0.5, 0.6) is 0 Å². The molecule has 0 aromatic heterocycles. The van der Waals surface area contributed by atoms with Crippen molar-refractivity contribution in [1.29, 1.82) is 0 Å². The van der Waals surface area contributed by atoms with E-state index in [-0.39, 0.29) is 0 Å². The Balaban J connectivity index is 4.25. The lowest BCUT2D eigenvalue weighted by Crippen LogP contribution is -1.71. The van der Waals surface area contributed by atoms with Gasteiger partial charge in [-0.2, -0.15) is 0 Å². The zero-order valence-electron chi connectivity index (χ0n) is 5.97. The van der Waals surface area contributed by atoms with Gasteiger partial charge in [0.05, 0.1) is 0 Å². The summed E-state index contributed by atoms with van der Waals surface area (Å²) >= 11 is 8.29. The van der Waals surface area contributed by atoms with Gasteiger partial charge in [-0.25, -0.2) is 0 Å². The van der Waals surface area contributed by atoms with E-state index in [4.69, 9.17) is 0 Å². The molecule has 0 fully saturated rings. The van der Waals surface area contributed by atoms with E-state index in [0.29, 0.717) is 0 Å². The van der Waals surface area contributed by atoms with E-state index >= 15 is 0 Å². The van der Waals surface area contributed by atoms with E-state index in [0.717, 1.165) is 9.81 Å². The largest absolute Gasteiger partial charge is 0.148 e. The van der Waals surface area contributed by atoms with Crippen molar-refractivity contribution in [3.05, 3.63) is 21.5 Å². The van der Waals surface area contributed by atoms with Crippen molar-refractivity contribution in [1.82, 2.24) is 0 Å². The summed E-state index contributed by atoms with van der Waals surface area (Å²) < 4.78 is 0. The molecular weight excluding hydrogens is 148 g/mol. The highest BCUT2D eigenvalue weighted by Gasteiger charge is 1.86. The van der Waals surface area contributed by atoms with Gasteiger partial charge in [0.2, 0.25) is 0 Å². The molecule has 52 valence electrons. The molecule has 0 aliphatic carbocycles. The lowest BCUT2D eigenvalue weighted by Gasteiger charge is -1.94. The molecule has 0 amide bonds. The van der Waals surface area contributed by atoms with E-state index in [1.165, 1.54) is 5.57 Å².